The standard InChI is InChI=1S/C36H38ClF4N5O3S/c1-23-42-30-9-2-3-11-32(30)46(23)28-21-26-12-13-27(22-28)45(26)19-16-35(24-6-4-7-25(38)20-24)14-17-44(18-15-35)34(47)29-8-5-10-31(33(29)37)43-50(48,49)36(39,40)41/h2-11,20,26-28,43H,12-19,21-22H2,1H3/t26-,27+,28+. The number of carbonyl (C=O) groups excluding carboxylic acids is 1. The molecule has 4 aromatic rings. The van der Waals surface area contributed by atoms with Crippen LogP contribution in [0.2, 0.25) is 5.02 Å². The van der Waals surface area contributed by atoms with Crippen LogP contribution in [0.3, 0.4) is 0 Å². The first kappa shape index (κ1) is 34.8. The van der Waals surface area contributed by atoms with E-state index in [0.29, 0.717) is 44.1 Å². The van der Waals surface area contributed by atoms with Crippen molar-refractivity contribution in [3.8, 4) is 0 Å². The number of benzene rings is 3. The zero-order valence-electron chi connectivity index (χ0n) is 27.5. The Hall–Kier alpha value is -3.68. The number of alkyl halides is 3. The van der Waals surface area contributed by atoms with E-state index >= 15 is 0 Å². The Balaban J connectivity index is 1.07. The smallest absolute Gasteiger partial charge is 0.339 e. The maximum atomic E-state index is 14.6. The number of piperidine rings is 2. The van der Waals surface area contributed by atoms with Gasteiger partial charge in [0.2, 0.25) is 0 Å². The quantitative estimate of drug-likeness (QED) is 0.187. The summed E-state index contributed by atoms with van der Waals surface area (Å²) in [6.07, 6.45) is 6.19. The molecule has 14 heteroatoms. The number of anilines is 1. The maximum absolute atomic E-state index is 14.6. The average Bonchev–Trinajstić information content (AvgIpc) is 3.54. The number of aromatic nitrogens is 2. The van der Waals surface area contributed by atoms with Crippen LogP contribution in [0, 0.1) is 12.7 Å². The van der Waals surface area contributed by atoms with E-state index < -0.39 is 37.6 Å². The van der Waals surface area contributed by atoms with Crippen molar-refractivity contribution in [2.24, 2.45) is 0 Å². The second-order valence-corrected chi connectivity index (χ2v) is 15.9. The number of carbonyl (C=O) groups is 1. The molecule has 3 saturated heterocycles. The van der Waals surface area contributed by atoms with Crippen LogP contribution in [0.15, 0.2) is 66.7 Å². The summed E-state index contributed by atoms with van der Waals surface area (Å²) in [5.41, 5.74) is -3.52. The molecule has 3 fully saturated rings. The molecule has 3 aliphatic heterocycles. The van der Waals surface area contributed by atoms with Gasteiger partial charge in [0.1, 0.15) is 11.6 Å². The number of nitrogens with zero attached hydrogens (tertiary/aromatic N) is 4. The molecule has 8 nitrogen and oxygen atoms in total. The van der Waals surface area contributed by atoms with Gasteiger partial charge in [-0.05, 0) is 106 Å². The number of rotatable bonds is 8. The average molecular weight is 732 g/mol. The zero-order valence-corrected chi connectivity index (χ0v) is 29.0. The molecule has 50 heavy (non-hydrogen) atoms. The molecule has 0 aliphatic carbocycles. The molecule has 266 valence electrons. The van der Waals surface area contributed by atoms with Gasteiger partial charge in [0, 0.05) is 31.2 Å². The lowest BCUT2D eigenvalue weighted by Gasteiger charge is -2.45. The van der Waals surface area contributed by atoms with E-state index in [1.54, 1.807) is 17.0 Å². The number of nitrogens with one attached hydrogen (secondary N) is 1. The predicted octanol–water partition coefficient (Wildman–Crippen LogP) is 7.83. The highest BCUT2D eigenvalue weighted by atomic mass is 35.5. The van der Waals surface area contributed by atoms with Crippen molar-refractivity contribution in [1.29, 1.82) is 0 Å². The highest BCUT2D eigenvalue weighted by molar-refractivity contribution is 7.93. The van der Waals surface area contributed by atoms with E-state index in [2.05, 4.69) is 34.6 Å². The Kier molecular flexibility index (Phi) is 9.13. The van der Waals surface area contributed by atoms with Gasteiger partial charge in [-0.2, -0.15) is 21.6 Å². The van der Waals surface area contributed by atoms with Crippen molar-refractivity contribution in [3.05, 3.63) is 94.5 Å². The minimum Gasteiger partial charge on any atom is -0.339 e. The molecule has 0 unspecified atom stereocenters. The highest BCUT2D eigenvalue weighted by Crippen LogP contribution is 2.45. The first-order valence-corrected chi connectivity index (χ1v) is 18.7. The molecule has 1 aromatic heterocycles. The maximum Gasteiger partial charge on any atom is 0.516 e. The van der Waals surface area contributed by atoms with Crippen LogP contribution in [-0.4, -0.2) is 70.9 Å². The van der Waals surface area contributed by atoms with Crippen molar-refractivity contribution in [3.63, 3.8) is 0 Å². The van der Waals surface area contributed by atoms with Gasteiger partial charge in [0.05, 0.1) is 27.3 Å². The second kappa shape index (κ2) is 13.1. The summed E-state index contributed by atoms with van der Waals surface area (Å²) in [6, 6.07) is 19.9. The topological polar surface area (TPSA) is 87.5 Å². The number of hydrogen-bond acceptors (Lipinski definition) is 5. The fourth-order valence-corrected chi connectivity index (χ4v) is 9.46. The molecule has 0 spiro atoms. The summed E-state index contributed by atoms with van der Waals surface area (Å²) in [4.78, 5) is 22.7. The monoisotopic (exact) mass is 731 g/mol. The Bertz CT molecular complexity index is 2020. The van der Waals surface area contributed by atoms with Gasteiger partial charge < -0.3 is 9.47 Å². The van der Waals surface area contributed by atoms with E-state index in [0.717, 1.165) is 61.6 Å². The third-order valence-corrected chi connectivity index (χ3v) is 12.6. The Labute approximate surface area is 293 Å². The summed E-state index contributed by atoms with van der Waals surface area (Å²) in [5, 5.41) is -0.412. The van der Waals surface area contributed by atoms with E-state index in [9.17, 15) is 30.8 Å². The molecule has 3 aliphatic rings. The van der Waals surface area contributed by atoms with E-state index in [4.69, 9.17) is 16.6 Å². The molecule has 0 saturated carbocycles. The number of imidazole rings is 1. The normalized spacial score (nSPS) is 22.6. The first-order chi connectivity index (χ1) is 23.8. The largest absolute Gasteiger partial charge is 0.516 e. The Morgan fingerprint density at radius 2 is 1.66 bits per heavy atom. The molecule has 1 amide bonds. The lowest BCUT2D eigenvalue weighted by atomic mass is 9.70. The minimum atomic E-state index is -5.73. The molecule has 3 atom stereocenters. The van der Waals surface area contributed by atoms with Crippen molar-refractivity contribution in [1.82, 2.24) is 19.4 Å². The number of fused-ring (bicyclic) bond motifs is 3. The second-order valence-electron chi connectivity index (χ2n) is 13.8. The van der Waals surface area contributed by atoms with Gasteiger partial charge in [0.15, 0.2) is 0 Å². The Morgan fingerprint density at radius 3 is 2.34 bits per heavy atom. The predicted molar refractivity (Wildman–Crippen MR) is 184 cm³/mol. The number of sulfonamides is 1. The van der Waals surface area contributed by atoms with E-state index in [1.807, 2.05) is 12.1 Å². The number of aryl methyl sites for hydroxylation is 1. The number of para-hydroxylation sites is 2. The highest BCUT2D eigenvalue weighted by Gasteiger charge is 2.47. The summed E-state index contributed by atoms with van der Waals surface area (Å²) in [6.45, 7) is 3.54. The van der Waals surface area contributed by atoms with Crippen LogP contribution < -0.4 is 4.72 Å². The third kappa shape index (κ3) is 6.36. The van der Waals surface area contributed by atoms with Crippen molar-refractivity contribution < 1.29 is 30.8 Å². The van der Waals surface area contributed by atoms with Gasteiger partial charge in [-0.25, -0.2) is 9.37 Å². The molecular formula is C36H38ClF4N5O3S. The van der Waals surface area contributed by atoms with Crippen LogP contribution in [0.1, 0.15) is 72.7 Å². The van der Waals surface area contributed by atoms with Gasteiger partial charge in [0.25, 0.3) is 5.91 Å². The SMILES string of the molecule is Cc1nc2ccccc2n1[C@H]1C[C@H]2CC[C@@H](C1)N2CCC1(c2cccc(F)c2)CCN(C(=O)c2cccc(NS(=O)(=O)C(F)(F)F)c2Cl)CC1. The molecule has 0 radical (unpaired) electrons. The molecule has 4 heterocycles. The van der Waals surface area contributed by atoms with Crippen molar-refractivity contribution in [2.75, 3.05) is 24.4 Å². The van der Waals surface area contributed by atoms with Gasteiger partial charge in [-0.1, -0.05) is 41.9 Å². The fraction of sp³-hybridized carbons (Fsp3) is 0.444. The van der Waals surface area contributed by atoms with Gasteiger partial charge >= 0.3 is 15.5 Å². The van der Waals surface area contributed by atoms with Crippen LogP contribution in [0.4, 0.5) is 23.2 Å². The molecule has 2 bridgehead atoms. The summed E-state index contributed by atoms with van der Waals surface area (Å²) >= 11 is 6.30. The summed E-state index contributed by atoms with van der Waals surface area (Å²) in [5.74, 6) is 0.193. The fourth-order valence-electron chi connectivity index (χ4n) is 8.58. The molecular weight excluding hydrogens is 694 g/mol. The first-order valence-electron chi connectivity index (χ1n) is 16.9. The number of halogens is 5. The number of amides is 1. The minimum absolute atomic E-state index is 0.104. The lowest BCUT2D eigenvalue weighted by molar-refractivity contribution is -0.0429. The van der Waals surface area contributed by atoms with Gasteiger partial charge in [-0.3, -0.25) is 14.4 Å². The van der Waals surface area contributed by atoms with Crippen LogP contribution in [-0.2, 0) is 15.4 Å². The van der Waals surface area contributed by atoms with Crippen molar-refractivity contribution in [2.45, 2.75) is 80.9 Å². The van der Waals surface area contributed by atoms with Crippen LogP contribution in [0.25, 0.3) is 11.0 Å². The molecule has 3 aromatic carbocycles. The van der Waals surface area contributed by atoms with E-state index in [1.165, 1.54) is 28.4 Å². The van der Waals surface area contributed by atoms with Crippen LogP contribution in [0.5, 0.6) is 0 Å². The number of likely N-dealkylation sites (tertiary alicyclic amines) is 1. The molecule has 1 N–H and O–H groups in total. The van der Waals surface area contributed by atoms with Crippen LogP contribution >= 0.6 is 11.6 Å². The summed E-state index contributed by atoms with van der Waals surface area (Å²) in [7, 11) is -5.73. The molecule has 7 rings (SSSR count). The summed E-state index contributed by atoms with van der Waals surface area (Å²) < 4.78 is 80.9. The zero-order chi connectivity index (χ0) is 35.4. The van der Waals surface area contributed by atoms with E-state index in [-0.39, 0.29) is 11.4 Å². The Morgan fingerprint density at radius 1 is 0.980 bits per heavy atom. The number of hydrogen-bond donors (Lipinski definition) is 1. The van der Waals surface area contributed by atoms with Crippen molar-refractivity contribution >= 4 is 44.3 Å². The third-order valence-electron chi connectivity index (χ3n) is 11.1. The van der Waals surface area contributed by atoms with Gasteiger partial charge in [-0.15, -0.1) is 0 Å². The lowest BCUT2D eigenvalue weighted by Crippen LogP contribution is -2.49.